The molecule has 1 heterocycles. The highest BCUT2D eigenvalue weighted by Crippen LogP contribution is 2.18. The molecule has 1 aliphatic rings. The Balaban J connectivity index is 2.00. The molecule has 0 spiro atoms. The van der Waals surface area contributed by atoms with Crippen molar-refractivity contribution in [2.75, 3.05) is 6.54 Å². The number of cyclic esters (lactones) is 1. The SMILES string of the molecule is O=C1CCC[C@@H](CN(C(=O)OCc2ccccc2)S(=O)(=O)F)O1. The molecule has 0 saturated carbocycles. The average molecular weight is 345 g/mol. The fourth-order valence-corrected chi connectivity index (χ4v) is 2.71. The van der Waals surface area contributed by atoms with Gasteiger partial charge in [0.2, 0.25) is 0 Å². The molecule has 0 aliphatic carbocycles. The van der Waals surface area contributed by atoms with Crippen molar-refractivity contribution in [3.05, 3.63) is 35.9 Å². The van der Waals surface area contributed by atoms with E-state index in [0.717, 1.165) is 0 Å². The van der Waals surface area contributed by atoms with Crippen LogP contribution in [0.15, 0.2) is 30.3 Å². The van der Waals surface area contributed by atoms with Gasteiger partial charge in [0.15, 0.2) is 0 Å². The zero-order valence-electron chi connectivity index (χ0n) is 12.2. The van der Waals surface area contributed by atoms with E-state index in [9.17, 15) is 21.9 Å². The van der Waals surface area contributed by atoms with Crippen LogP contribution in [-0.4, -0.2) is 37.4 Å². The van der Waals surface area contributed by atoms with Crippen LogP contribution in [0.4, 0.5) is 8.68 Å². The number of benzene rings is 1. The summed E-state index contributed by atoms with van der Waals surface area (Å²) in [6.45, 7) is -0.797. The maximum absolute atomic E-state index is 13.3. The third kappa shape index (κ3) is 5.20. The van der Waals surface area contributed by atoms with E-state index in [2.05, 4.69) is 0 Å². The number of nitrogens with zero attached hydrogens (tertiary/aromatic N) is 1. The second-order valence-electron chi connectivity index (χ2n) is 5.02. The summed E-state index contributed by atoms with van der Waals surface area (Å²) in [6, 6.07) is 8.54. The van der Waals surface area contributed by atoms with Crippen molar-refractivity contribution in [1.29, 1.82) is 0 Å². The number of ether oxygens (including phenoxy) is 2. The van der Waals surface area contributed by atoms with Gasteiger partial charge in [0.05, 0.1) is 6.54 Å². The molecule has 0 aromatic heterocycles. The molecule has 9 heteroatoms. The number of carbonyl (C=O) groups excluding carboxylic acids is 2. The molecule has 0 radical (unpaired) electrons. The van der Waals surface area contributed by atoms with Crippen LogP contribution in [0.1, 0.15) is 24.8 Å². The number of hydrogen-bond acceptors (Lipinski definition) is 6. The van der Waals surface area contributed by atoms with Crippen molar-refractivity contribution < 1.29 is 31.4 Å². The van der Waals surface area contributed by atoms with Crippen LogP contribution in [0, 0.1) is 0 Å². The Morgan fingerprint density at radius 3 is 2.65 bits per heavy atom. The molecule has 1 fully saturated rings. The van der Waals surface area contributed by atoms with Gasteiger partial charge in [-0.25, -0.2) is 4.79 Å². The Labute approximate surface area is 133 Å². The van der Waals surface area contributed by atoms with Crippen LogP contribution in [0.3, 0.4) is 0 Å². The Hall–Kier alpha value is -2.16. The van der Waals surface area contributed by atoms with E-state index in [-0.39, 0.29) is 17.3 Å². The maximum Gasteiger partial charge on any atom is 0.426 e. The number of halogens is 1. The quantitative estimate of drug-likeness (QED) is 0.598. The lowest BCUT2D eigenvalue weighted by atomic mass is 10.1. The van der Waals surface area contributed by atoms with Crippen molar-refractivity contribution in [1.82, 2.24) is 4.31 Å². The average Bonchev–Trinajstić information content (AvgIpc) is 2.50. The minimum absolute atomic E-state index is 0.0563. The highest BCUT2D eigenvalue weighted by Gasteiger charge is 2.33. The molecule has 1 aromatic rings. The first-order chi connectivity index (χ1) is 10.9. The molecule has 7 nitrogen and oxygen atoms in total. The second-order valence-corrected chi connectivity index (χ2v) is 6.28. The topological polar surface area (TPSA) is 90.0 Å². The van der Waals surface area contributed by atoms with Crippen LogP contribution in [0.25, 0.3) is 0 Å². The Kier molecular flexibility index (Phi) is 5.54. The summed E-state index contributed by atoms with van der Waals surface area (Å²) in [5.74, 6) is -0.505. The van der Waals surface area contributed by atoms with Gasteiger partial charge < -0.3 is 9.47 Å². The maximum atomic E-state index is 13.3. The first-order valence-corrected chi connectivity index (χ1v) is 8.33. The van der Waals surface area contributed by atoms with Gasteiger partial charge in [-0.3, -0.25) is 4.79 Å². The predicted molar refractivity (Wildman–Crippen MR) is 77.1 cm³/mol. The van der Waals surface area contributed by atoms with Gasteiger partial charge in [-0.2, -0.15) is 12.7 Å². The third-order valence-corrected chi connectivity index (χ3v) is 4.07. The normalized spacial score (nSPS) is 18.1. The van der Waals surface area contributed by atoms with E-state index in [1.807, 2.05) is 0 Å². The molecule has 23 heavy (non-hydrogen) atoms. The Bertz CT molecular complexity index is 663. The minimum Gasteiger partial charge on any atom is -0.460 e. The predicted octanol–water partition coefficient (Wildman–Crippen LogP) is 1.94. The van der Waals surface area contributed by atoms with Crippen LogP contribution >= 0.6 is 0 Å². The summed E-state index contributed by atoms with van der Waals surface area (Å²) in [4.78, 5) is 23.0. The van der Waals surface area contributed by atoms with Crippen LogP contribution < -0.4 is 0 Å². The number of rotatable bonds is 5. The van der Waals surface area contributed by atoms with Gasteiger partial charge in [0.25, 0.3) is 0 Å². The number of hydrogen-bond donors (Lipinski definition) is 0. The fourth-order valence-electron chi connectivity index (χ4n) is 2.14. The molecule has 2 rings (SSSR count). The smallest absolute Gasteiger partial charge is 0.426 e. The van der Waals surface area contributed by atoms with E-state index >= 15 is 0 Å². The van der Waals surface area contributed by atoms with Gasteiger partial charge in [-0.05, 0) is 18.4 Å². The van der Waals surface area contributed by atoms with E-state index in [1.54, 1.807) is 30.3 Å². The van der Waals surface area contributed by atoms with Crippen LogP contribution in [-0.2, 0) is 31.3 Å². The molecular formula is C14H16FNO6S. The van der Waals surface area contributed by atoms with Gasteiger partial charge in [-0.15, -0.1) is 0 Å². The molecule has 0 unspecified atom stereocenters. The van der Waals surface area contributed by atoms with E-state index < -0.39 is 35.1 Å². The Morgan fingerprint density at radius 2 is 2.04 bits per heavy atom. The summed E-state index contributed by atoms with van der Waals surface area (Å²) in [6.07, 6.45) is -1.16. The standard InChI is InChI=1S/C14H16FNO6S/c15-23(19,20)16(9-12-7-4-8-13(17)22-12)14(18)21-10-11-5-2-1-3-6-11/h1-3,5-6,12H,4,7-10H2/t12-/m0/s1. The van der Waals surface area contributed by atoms with E-state index in [4.69, 9.17) is 9.47 Å². The number of amides is 1. The molecule has 0 N–H and O–H groups in total. The monoisotopic (exact) mass is 345 g/mol. The van der Waals surface area contributed by atoms with Gasteiger partial charge in [0.1, 0.15) is 12.7 Å². The second kappa shape index (κ2) is 7.40. The summed E-state index contributed by atoms with van der Waals surface area (Å²) in [5.41, 5.74) is 0.626. The van der Waals surface area contributed by atoms with Crippen molar-refractivity contribution in [2.45, 2.75) is 32.0 Å². The molecule has 0 bridgehead atoms. The van der Waals surface area contributed by atoms with Gasteiger partial charge in [0, 0.05) is 6.42 Å². The van der Waals surface area contributed by atoms with E-state index in [1.165, 1.54) is 0 Å². The molecule has 1 amide bonds. The molecule has 1 atom stereocenters. The first-order valence-electron chi connectivity index (χ1n) is 6.99. The largest absolute Gasteiger partial charge is 0.460 e. The van der Waals surface area contributed by atoms with Crippen LogP contribution in [0.5, 0.6) is 0 Å². The summed E-state index contributed by atoms with van der Waals surface area (Å²) >= 11 is 0. The van der Waals surface area contributed by atoms with Crippen molar-refractivity contribution >= 4 is 22.5 Å². The van der Waals surface area contributed by atoms with Crippen molar-refractivity contribution in [2.24, 2.45) is 0 Å². The molecule has 126 valence electrons. The molecule has 1 aromatic carbocycles. The third-order valence-electron chi connectivity index (χ3n) is 3.25. The summed E-state index contributed by atoms with van der Waals surface area (Å²) < 4.78 is 45.3. The van der Waals surface area contributed by atoms with Gasteiger partial charge >= 0.3 is 22.5 Å². The number of esters is 1. The highest BCUT2D eigenvalue weighted by molar-refractivity contribution is 7.84. The minimum atomic E-state index is -5.32. The molecule has 1 aliphatic heterocycles. The van der Waals surface area contributed by atoms with Crippen molar-refractivity contribution in [3.63, 3.8) is 0 Å². The molecular weight excluding hydrogens is 329 g/mol. The summed E-state index contributed by atoms with van der Waals surface area (Å²) in [5, 5.41) is 0. The van der Waals surface area contributed by atoms with Gasteiger partial charge in [-0.1, -0.05) is 34.2 Å². The Morgan fingerprint density at radius 1 is 1.35 bits per heavy atom. The van der Waals surface area contributed by atoms with Crippen LogP contribution in [0.2, 0.25) is 0 Å². The number of carbonyl (C=O) groups is 2. The zero-order chi connectivity index (χ0) is 16.9. The first kappa shape index (κ1) is 17.2. The lowest BCUT2D eigenvalue weighted by molar-refractivity contribution is -0.154. The lowest BCUT2D eigenvalue weighted by Crippen LogP contribution is -2.42. The highest BCUT2D eigenvalue weighted by atomic mass is 32.3. The van der Waals surface area contributed by atoms with E-state index in [0.29, 0.717) is 18.4 Å². The molecule has 1 saturated heterocycles. The van der Waals surface area contributed by atoms with Crippen molar-refractivity contribution in [3.8, 4) is 0 Å². The lowest BCUT2D eigenvalue weighted by Gasteiger charge is -2.26. The fraction of sp³-hybridized carbons (Fsp3) is 0.429. The zero-order valence-corrected chi connectivity index (χ0v) is 13.0. The summed E-state index contributed by atoms with van der Waals surface area (Å²) in [7, 11) is -5.32.